The zero-order valence-electron chi connectivity index (χ0n) is 12.9. The van der Waals surface area contributed by atoms with E-state index in [2.05, 4.69) is 9.98 Å². The number of nitrogens with zero attached hydrogens (tertiary/aromatic N) is 2. The van der Waals surface area contributed by atoms with Gasteiger partial charge in [-0.25, -0.2) is 9.98 Å². The van der Waals surface area contributed by atoms with E-state index < -0.39 is 16.9 Å². The number of rotatable bonds is 1. The monoisotopic (exact) mass is 422 g/mol. The van der Waals surface area contributed by atoms with Gasteiger partial charge >= 0.3 is 0 Å². The van der Waals surface area contributed by atoms with Crippen LogP contribution < -0.4 is 0 Å². The lowest BCUT2D eigenvalue weighted by Crippen LogP contribution is -2.39. The number of Topliss-reactive ketones (excluding diaryl/α,β-unsaturated/α-hetero) is 2. The summed E-state index contributed by atoms with van der Waals surface area (Å²) in [4.78, 5) is 35.2. The van der Waals surface area contributed by atoms with Gasteiger partial charge in [-0.15, -0.1) is 23.2 Å². The van der Waals surface area contributed by atoms with Gasteiger partial charge in [-0.1, -0.05) is 29.4 Å². The number of hydrogen-bond donors (Lipinski definition) is 0. The second-order valence-electron chi connectivity index (χ2n) is 5.64. The molecule has 2 atom stereocenters. The van der Waals surface area contributed by atoms with E-state index in [9.17, 15) is 9.59 Å². The van der Waals surface area contributed by atoms with Crippen molar-refractivity contribution in [1.82, 2.24) is 0 Å². The summed E-state index contributed by atoms with van der Waals surface area (Å²) in [6, 6.07) is 6.60. The molecule has 3 aliphatic rings. The molecule has 0 aromatic heterocycles. The lowest BCUT2D eigenvalue weighted by Gasteiger charge is -2.26. The fourth-order valence-corrected chi connectivity index (χ4v) is 4.36. The first-order valence-corrected chi connectivity index (χ1v) is 9.63. The molecule has 0 fully saturated rings. The summed E-state index contributed by atoms with van der Waals surface area (Å²) < 4.78 is 0. The average molecular weight is 424 g/mol. The Morgan fingerprint density at radius 1 is 1.12 bits per heavy atom. The number of fused-ring (bicyclic) bond motifs is 1. The standard InChI is InChI=1S/C18H9Cl3N2O2S/c19-8-1-4-10(5-2-8)22-14-13(21)16(24)15-18(17(14)25)26-12-7-9(20)3-6-11(12)23-15/h1-7,9,13H. The Hall–Kier alpha value is -1.66. The second kappa shape index (κ2) is 6.82. The molecule has 130 valence electrons. The number of aliphatic imine (C=N–C) groups is 2. The van der Waals surface area contributed by atoms with E-state index in [-0.39, 0.29) is 21.7 Å². The lowest BCUT2D eigenvalue weighted by atomic mass is 9.98. The largest absolute Gasteiger partial charge is 0.290 e. The van der Waals surface area contributed by atoms with Crippen LogP contribution in [0.3, 0.4) is 0 Å². The minimum atomic E-state index is -1.18. The van der Waals surface area contributed by atoms with Crippen molar-refractivity contribution in [3.8, 4) is 0 Å². The second-order valence-corrected chi connectivity index (χ2v) is 8.07. The number of carbonyl (C=O) groups excluding carboxylic acids is 2. The number of alkyl halides is 2. The first-order valence-electron chi connectivity index (χ1n) is 7.56. The van der Waals surface area contributed by atoms with Crippen molar-refractivity contribution < 1.29 is 9.59 Å². The van der Waals surface area contributed by atoms with Crippen molar-refractivity contribution in [2.45, 2.75) is 10.8 Å². The number of allylic oxidation sites excluding steroid dienone is 6. The highest BCUT2D eigenvalue weighted by Gasteiger charge is 2.42. The quantitative estimate of drug-likeness (QED) is 0.619. The average Bonchev–Trinajstić information content (AvgIpc) is 2.64. The molecule has 4 rings (SSSR count). The molecule has 26 heavy (non-hydrogen) atoms. The minimum absolute atomic E-state index is 0.0155. The maximum Gasteiger partial charge on any atom is 0.218 e. The number of carbonyl (C=O) groups is 2. The molecule has 1 heterocycles. The molecule has 0 saturated heterocycles. The van der Waals surface area contributed by atoms with E-state index in [0.29, 0.717) is 16.4 Å². The number of halogens is 3. The van der Waals surface area contributed by atoms with Gasteiger partial charge in [-0.3, -0.25) is 9.59 Å². The molecule has 0 spiro atoms. The molecule has 0 N–H and O–H groups in total. The van der Waals surface area contributed by atoms with Crippen LogP contribution in [0.15, 0.2) is 68.0 Å². The van der Waals surface area contributed by atoms with Gasteiger partial charge in [0, 0.05) is 9.93 Å². The molecule has 4 nitrogen and oxygen atoms in total. The third-order valence-corrected chi connectivity index (χ3v) is 5.96. The third kappa shape index (κ3) is 3.09. The minimum Gasteiger partial charge on any atom is -0.290 e. The number of benzene rings is 1. The Labute approximate surface area is 168 Å². The highest BCUT2D eigenvalue weighted by Crippen LogP contribution is 2.41. The molecule has 1 aromatic carbocycles. The summed E-state index contributed by atoms with van der Waals surface area (Å²) in [5.41, 5.74) is 1.16. The fourth-order valence-electron chi connectivity index (χ4n) is 2.62. The van der Waals surface area contributed by atoms with Crippen LogP contribution in [0.2, 0.25) is 5.02 Å². The van der Waals surface area contributed by atoms with E-state index in [1.54, 1.807) is 42.5 Å². The molecule has 2 unspecified atom stereocenters. The van der Waals surface area contributed by atoms with Gasteiger partial charge < -0.3 is 0 Å². The summed E-state index contributed by atoms with van der Waals surface area (Å²) in [6.07, 6.45) is 5.29. The molecular formula is C18H9Cl3N2O2S. The van der Waals surface area contributed by atoms with Gasteiger partial charge in [0.2, 0.25) is 11.6 Å². The summed E-state index contributed by atoms with van der Waals surface area (Å²) >= 11 is 19.4. The molecule has 0 amide bonds. The van der Waals surface area contributed by atoms with Crippen LogP contribution in [-0.2, 0) is 9.59 Å². The van der Waals surface area contributed by atoms with E-state index in [1.807, 2.05) is 0 Å². The maximum absolute atomic E-state index is 12.9. The molecule has 0 radical (unpaired) electrons. The highest BCUT2D eigenvalue weighted by atomic mass is 35.5. The van der Waals surface area contributed by atoms with Crippen molar-refractivity contribution in [1.29, 1.82) is 0 Å². The molecule has 1 aliphatic heterocycles. The first kappa shape index (κ1) is 17.7. The van der Waals surface area contributed by atoms with Crippen LogP contribution in [0.4, 0.5) is 5.69 Å². The molecule has 0 saturated carbocycles. The van der Waals surface area contributed by atoms with Crippen molar-refractivity contribution >= 4 is 75.2 Å². The highest BCUT2D eigenvalue weighted by molar-refractivity contribution is 8.08. The molecule has 8 heteroatoms. The zero-order chi connectivity index (χ0) is 18.4. The Kier molecular flexibility index (Phi) is 4.65. The van der Waals surface area contributed by atoms with Crippen molar-refractivity contribution in [3.63, 3.8) is 0 Å². The predicted molar refractivity (Wildman–Crippen MR) is 107 cm³/mol. The summed E-state index contributed by atoms with van der Waals surface area (Å²) in [5, 5.41) is -0.915. The smallest absolute Gasteiger partial charge is 0.218 e. The Morgan fingerprint density at radius 3 is 2.58 bits per heavy atom. The van der Waals surface area contributed by atoms with Gasteiger partial charge in [0.15, 0.2) is 0 Å². The van der Waals surface area contributed by atoms with E-state index in [4.69, 9.17) is 34.8 Å². The van der Waals surface area contributed by atoms with E-state index >= 15 is 0 Å². The number of thioether (sulfide) groups is 1. The van der Waals surface area contributed by atoms with E-state index in [1.165, 1.54) is 11.8 Å². The van der Waals surface area contributed by atoms with Gasteiger partial charge in [0.25, 0.3) is 0 Å². The van der Waals surface area contributed by atoms with Gasteiger partial charge in [0.1, 0.15) is 16.8 Å². The molecule has 0 bridgehead atoms. The molecule has 1 aromatic rings. The Bertz CT molecular complexity index is 990. The van der Waals surface area contributed by atoms with Crippen LogP contribution in [-0.4, -0.2) is 33.7 Å². The van der Waals surface area contributed by atoms with Crippen molar-refractivity contribution in [2.24, 2.45) is 9.98 Å². The van der Waals surface area contributed by atoms with Gasteiger partial charge in [-0.2, -0.15) is 0 Å². The summed E-state index contributed by atoms with van der Waals surface area (Å²) in [7, 11) is 0. The number of ketones is 2. The predicted octanol–water partition coefficient (Wildman–Crippen LogP) is 4.63. The topological polar surface area (TPSA) is 58.9 Å². The van der Waals surface area contributed by atoms with Crippen molar-refractivity contribution in [2.75, 3.05) is 0 Å². The van der Waals surface area contributed by atoms with Crippen LogP contribution in [0, 0.1) is 0 Å². The SMILES string of the molecule is O=C1C(=Nc2ccc(Cl)cc2)C(Cl)C(=O)C2=C1SC1=CC(Cl)C=CC1=N2. The molecular weight excluding hydrogens is 415 g/mol. The molecule has 2 aliphatic carbocycles. The summed E-state index contributed by atoms with van der Waals surface area (Å²) in [6.45, 7) is 0. The van der Waals surface area contributed by atoms with Crippen LogP contribution in [0.1, 0.15) is 0 Å². The lowest BCUT2D eigenvalue weighted by molar-refractivity contribution is -0.116. The maximum atomic E-state index is 12.9. The zero-order valence-corrected chi connectivity index (χ0v) is 16.0. The Balaban J connectivity index is 1.78. The Morgan fingerprint density at radius 2 is 1.85 bits per heavy atom. The van der Waals surface area contributed by atoms with Crippen LogP contribution in [0.5, 0.6) is 0 Å². The summed E-state index contributed by atoms with van der Waals surface area (Å²) in [5.74, 6) is -0.835. The first-order chi connectivity index (χ1) is 12.4. The fraction of sp³-hybridized carbons (Fsp3) is 0.111. The normalized spacial score (nSPS) is 26.5. The van der Waals surface area contributed by atoms with Gasteiger partial charge in [0.05, 0.1) is 21.7 Å². The van der Waals surface area contributed by atoms with Crippen LogP contribution in [0.25, 0.3) is 0 Å². The van der Waals surface area contributed by atoms with E-state index in [0.717, 1.165) is 4.91 Å². The van der Waals surface area contributed by atoms with Crippen LogP contribution >= 0.6 is 46.6 Å². The van der Waals surface area contributed by atoms with Crippen molar-refractivity contribution in [3.05, 3.63) is 63.0 Å². The number of hydrogen-bond acceptors (Lipinski definition) is 5. The third-order valence-electron chi connectivity index (χ3n) is 3.88. The van der Waals surface area contributed by atoms with Gasteiger partial charge in [-0.05, 0) is 36.4 Å².